The molecule has 0 aliphatic heterocycles. The monoisotopic (exact) mass is 504 g/mol. The van der Waals surface area contributed by atoms with Crippen LogP contribution in [-0.2, 0) is 0 Å². The lowest BCUT2D eigenvalue weighted by molar-refractivity contribution is 0.579. The molecule has 0 aliphatic carbocycles. The van der Waals surface area contributed by atoms with E-state index >= 15 is 0 Å². The lowest BCUT2D eigenvalue weighted by Gasteiger charge is -2.11. The highest BCUT2D eigenvalue weighted by atomic mass is 16.3. The van der Waals surface area contributed by atoms with Gasteiger partial charge in [0.05, 0.1) is 18.8 Å². The van der Waals surface area contributed by atoms with Gasteiger partial charge in [-0.2, -0.15) is 0 Å². The van der Waals surface area contributed by atoms with Crippen molar-refractivity contribution in [1.29, 1.82) is 0 Å². The van der Waals surface area contributed by atoms with Crippen molar-refractivity contribution in [1.82, 2.24) is 0 Å². The van der Waals surface area contributed by atoms with E-state index in [0.29, 0.717) is 0 Å². The number of hydrogen-bond donors (Lipinski definition) is 0. The molecule has 0 unspecified atom stereocenters. The van der Waals surface area contributed by atoms with E-state index in [2.05, 4.69) is 54.6 Å². The highest BCUT2D eigenvalue weighted by molar-refractivity contribution is 5.90. The van der Waals surface area contributed by atoms with Crippen LogP contribution >= 0.6 is 0 Å². The van der Waals surface area contributed by atoms with Crippen molar-refractivity contribution >= 4 is 0 Å². The van der Waals surface area contributed by atoms with Crippen LogP contribution in [0.1, 0.15) is 0 Å². The van der Waals surface area contributed by atoms with Gasteiger partial charge < -0.3 is 13.3 Å². The molecule has 0 radical (unpaired) electrons. The van der Waals surface area contributed by atoms with Gasteiger partial charge in [-0.05, 0) is 53.1 Å². The van der Waals surface area contributed by atoms with E-state index in [0.717, 1.165) is 67.4 Å². The molecule has 7 aromatic rings. The lowest BCUT2D eigenvalue weighted by Crippen LogP contribution is -1.88. The first-order valence-corrected chi connectivity index (χ1v) is 12.9. The van der Waals surface area contributed by atoms with Gasteiger partial charge in [0, 0.05) is 33.4 Å². The highest BCUT2D eigenvalue weighted by Gasteiger charge is 2.20. The van der Waals surface area contributed by atoms with Crippen LogP contribution in [0.15, 0.2) is 159 Å². The first kappa shape index (κ1) is 22.9. The highest BCUT2D eigenvalue weighted by Crippen LogP contribution is 2.42. The molecule has 3 aromatic heterocycles. The Balaban J connectivity index is 1.44. The average molecular weight is 505 g/mol. The van der Waals surface area contributed by atoms with Crippen LogP contribution in [0.3, 0.4) is 0 Å². The zero-order valence-corrected chi connectivity index (χ0v) is 21.1. The van der Waals surface area contributed by atoms with E-state index in [1.54, 1.807) is 18.8 Å². The summed E-state index contributed by atoms with van der Waals surface area (Å²) in [5.74, 6) is 2.39. The van der Waals surface area contributed by atoms with Crippen molar-refractivity contribution in [2.24, 2.45) is 0 Å². The van der Waals surface area contributed by atoms with Gasteiger partial charge in [-0.25, -0.2) is 0 Å². The van der Waals surface area contributed by atoms with Gasteiger partial charge in [-0.15, -0.1) is 0 Å². The molecule has 186 valence electrons. The van der Waals surface area contributed by atoms with Gasteiger partial charge in [0.15, 0.2) is 0 Å². The normalized spacial score (nSPS) is 11.1. The molecule has 3 nitrogen and oxygen atoms in total. The van der Waals surface area contributed by atoms with Crippen molar-refractivity contribution in [2.75, 3.05) is 0 Å². The summed E-state index contributed by atoms with van der Waals surface area (Å²) in [4.78, 5) is 0. The SMILES string of the molecule is c1ccc(-c2ccoc2-c2cc(-c3occc3-c3ccccc3)cc(-c3occc3-c3ccccc3)c2)cc1. The summed E-state index contributed by atoms with van der Waals surface area (Å²) in [5, 5.41) is 0. The number of rotatable bonds is 6. The fourth-order valence-electron chi connectivity index (χ4n) is 5.15. The minimum Gasteiger partial charge on any atom is -0.464 e. The van der Waals surface area contributed by atoms with Gasteiger partial charge in [-0.1, -0.05) is 91.0 Å². The van der Waals surface area contributed by atoms with Gasteiger partial charge in [0.1, 0.15) is 17.3 Å². The van der Waals surface area contributed by atoms with Crippen molar-refractivity contribution in [3.05, 3.63) is 146 Å². The molecule has 0 spiro atoms. The fourth-order valence-corrected chi connectivity index (χ4v) is 5.15. The Morgan fingerprint density at radius 1 is 0.282 bits per heavy atom. The molecule has 0 amide bonds. The van der Waals surface area contributed by atoms with Gasteiger partial charge in [0.25, 0.3) is 0 Å². The van der Waals surface area contributed by atoms with Crippen LogP contribution in [0.25, 0.3) is 67.4 Å². The van der Waals surface area contributed by atoms with E-state index in [1.807, 2.05) is 72.8 Å². The maximum absolute atomic E-state index is 6.12. The Kier molecular flexibility index (Phi) is 5.80. The Labute approximate surface area is 226 Å². The van der Waals surface area contributed by atoms with Crippen LogP contribution in [0, 0.1) is 0 Å². The molecule has 0 saturated heterocycles. The molecule has 4 aromatic carbocycles. The summed E-state index contributed by atoms with van der Waals surface area (Å²) in [6.45, 7) is 0. The lowest BCUT2D eigenvalue weighted by atomic mass is 9.93. The minimum absolute atomic E-state index is 0.796. The van der Waals surface area contributed by atoms with E-state index in [-0.39, 0.29) is 0 Å². The summed E-state index contributed by atoms with van der Waals surface area (Å²) in [6, 6.07) is 43.3. The molecule has 3 heterocycles. The van der Waals surface area contributed by atoms with Crippen molar-refractivity contribution < 1.29 is 13.3 Å². The minimum atomic E-state index is 0.796. The number of furan rings is 3. The Morgan fingerprint density at radius 3 is 0.846 bits per heavy atom. The largest absolute Gasteiger partial charge is 0.464 e. The van der Waals surface area contributed by atoms with Gasteiger partial charge in [-0.3, -0.25) is 0 Å². The average Bonchev–Trinajstić information content (AvgIpc) is 3.79. The Bertz CT molecular complexity index is 1610. The zero-order valence-electron chi connectivity index (χ0n) is 21.1. The first-order chi connectivity index (χ1) is 19.3. The van der Waals surface area contributed by atoms with Crippen LogP contribution in [-0.4, -0.2) is 0 Å². The van der Waals surface area contributed by atoms with Crippen molar-refractivity contribution in [3.63, 3.8) is 0 Å². The Morgan fingerprint density at radius 2 is 0.564 bits per heavy atom. The molecule has 7 rings (SSSR count). The summed E-state index contributed by atoms with van der Waals surface area (Å²) < 4.78 is 18.4. The summed E-state index contributed by atoms with van der Waals surface area (Å²) >= 11 is 0. The molecule has 0 bridgehead atoms. The summed E-state index contributed by atoms with van der Waals surface area (Å²) in [6.07, 6.45) is 5.23. The van der Waals surface area contributed by atoms with E-state index in [9.17, 15) is 0 Å². The van der Waals surface area contributed by atoms with Crippen LogP contribution in [0.4, 0.5) is 0 Å². The molecular weight excluding hydrogens is 480 g/mol. The zero-order chi connectivity index (χ0) is 26.0. The summed E-state index contributed by atoms with van der Waals surface area (Å²) in [7, 11) is 0. The van der Waals surface area contributed by atoms with E-state index in [1.165, 1.54) is 0 Å². The fraction of sp³-hybridized carbons (Fsp3) is 0. The second-order valence-electron chi connectivity index (χ2n) is 9.39. The molecule has 0 saturated carbocycles. The molecule has 0 fully saturated rings. The van der Waals surface area contributed by atoms with E-state index < -0.39 is 0 Å². The predicted molar refractivity (Wildman–Crippen MR) is 156 cm³/mol. The van der Waals surface area contributed by atoms with Crippen molar-refractivity contribution in [2.45, 2.75) is 0 Å². The molecule has 39 heavy (non-hydrogen) atoms. The molecule has 3 heteroatoms. The predicted octanol–water partition coefficient (Wildman–Crippen LogP) is 10.5. The van der Waals surface area contributed by atoms with Crippen LogP contribution in [0.2, 0.25) is 0 Å². The first-order valence-electron chi connectivity index (χ1n) is 12.9. The molecule has 0 atom stereocenters. The Hall–Kier alpha value is -5.28. The summed E-state index contributed by atoms with van der Waals surface area (Å²) in [5.41, 5.74) is 9.21. The molecular formula is C36H24O3. The van der Waals surface area contributed by atoms with Crippen LogP contribution in [0.5, 0.6) is 0 Å². The number of benzene rings is 4. The van der Waals surface area contributed by atoms with Crippen molar-refractivity contribution in [3.8, 4) is 67.4 Å². The topological polar surface area (TPSA) is 39.4 Å². The van der Waals surface area contributed by atoms with Crippen LogP contribution < -0.4 is 0 Å². The van der Waals surface area contributed by atoms with Gasteiger partial charge in [0.2, 0.25) is 0 Å². The molecule has 0 N–H and O–H groups in total. The number of hydrogen-bond acceptors (Lipinski definition) is 3. The second kappa shape index (κ2) is 9.88. The molecule has 0 aliphatic rings. The smallest absolute Gasteiger partial charge is 0.141 e. The standard InChI is InChI=1S/C36H24O3/c1-4-10-25(11-5-1)31-16-19-37-34(31)28-22-29(35-32(17-20-38-35)26-12-6-2-7-13-26)24-30(23-28)36-33(18-21-39-36)27-14-8-3-9-15-27/h1-24H. The third kappa shape index (κ3) is 4.30. The van der Waals surface area contributed by atoms with Gasteiger partial charge >= 0.3 is 0 Å². The maximum atomic E-state index is 6.12. The van der Waals surface area contributed by atoms with E-state index in [4.69, 9.17) is 13.3 Å². The second-order valence-corrected chi connectivity index (χ2v) is 9.39. The quantitative estimate of drug-likeness (QED) is 0.226. The third-order valence-electron chi connectivity index (χ3n) is 6.97. The maximum Gasteiger partial charge on any atom is 0.141 e. The third-order valence-corrected chi connectivity index (χ3v) is 6.97.